The number of hydrogen-bond donors (Lipinski definition) is 6. The molecule has 0 radical (unpaired) electrons. The van der Waals surface area contributed by atoms with E-state index in [2.05, 4.69) is 95.3 Å². The minimum absolute atomic E-state index is 0.0327. The van der Waals surface area contributed by atoms with E-state index in [1.54, 1.807) is 56.7 Å². The molecule has 0 spiro atoms. The normalized spacial score (nSPS) is 19.0. The lowest BCUT2D eigenvalue weighted by Crippen LogP contribution is -2.39. The number of pyridine rings is 1. The average Bonchev–Trinajstić information content (AvgIpc) is 1.11. The number of nitrogens with one attached hydrogen (secondary N) is 4. The van der Waals surface area contributed by atoms with Gasteiger partial charge < -0.3 is 53.5 Å². The van der Waals surface area contributed by atoms with Gasteiger partial charge in [0.15, 0.2) is 34.5 Å². The van der Waals surface area contributed by atoms with Crippen molar-refractivity contribution in [3.63, 3.8) is 0 Å². The van der Waals surface area contributed by atoms with Crippen LogP contribution >= 0.6 is 0 Å². The second-order valence-electron chi connectivity index (χ2n) is 32.3. The Morgan fingerprint density at radius 2 is 0.761 bits per heavy atom. The maximum absolute atomic E-state index is 12.3. The summed E-state index contributed by atoms with van der Waals surface area (Å²) in [5, 5.41) is 19.9. The van der Waals surface area contributed by atoms with E-state index in [0.29, 0.717) is 61.6 Å². The van der Waals surface area contributed by atoms with E-state index in [9.17, 15) is 29.4 Å². The van der Waals surface area contributed by atoms with Gasteiger partial charge in [0, 0.05) is 145 Å². The second kappa shape index (κ2) is 42.5. The first kappa shape index (κ1) is 85.0. The predicted octanol–water partition coefficient (Wildman–Crippen LogP) is 11.2. The van der Waals surface area contributed by atoms with E-state index < -0.39 is 0 Å². The Balaban J connectivity index is 0.000000136. The quantitative estimate of drug-likeness (QED) is 0.0347. The number of phenols is 2. The van der Waals surface area contributed by atoms with Crippen LogP contribution in [0.4, 0.5) is 23.8 Å². The molecule has 8 saturated heterocycles. The number of methoxy groups -OCH3 is 2. The summed E-state index contributed by atoms with van der Waals surface area (Å²) in [5.74, 6) is 7.14. The minimum Gasteiger partial charge on any atom is -0.504 e. The van der Waals surface area contributed by atoms with Crippen molar-refractivity contribution in [2.24, 2.45) is 0 Å². The van der Waals surface area contributed by atoms with E-state index in [1.165, 1.54) is 36.8 Å². The zero-order chi connectivity index (χ0) is 81.4. The number of benzene rings is 3. The third-order valence-corrected chi connectivity index (χ3v) is 23.9. The molecule has 8 aromatic rings. The molecular weight excluding hydrogens is 1480 g/mol. The molecule has 28 nitrogen and oxygen atoms in total. The molecule has 1 atom stereocenters. The lowest BCUT2D eigenvalue weighted by atomic mass is 9.93. The molecule has 0 bridgehead atoms. The number of likely N-dealkylation sites (tertiary alicyclic amines) is 4. The third-order valence-electron chi connectivity index (χ3n) is 23.9. The number of aryl methyl sites for hydroxylation is 1. The van der Waals surface area contributed by atoms with Gasteiger partial charge in [-0.25, -0.2) is 19.9 Å². The van der Waals surface area contributed by atoms with Crippen LogP contribution in [0.25, 0.3) is 0 Å². The van der Waals surface area contributed by atoms with Crippen LogP contribution < -0.4 is 60.8 Å². The van der Waals surface area contributed by atoms with Gasteiger partial charge >= 0.3 is 0 Å². The number of ether oxygens (including phenoxy) is 5. The van der Waals surface area contributed by atoms with Crippen LogP contribution in [0.5, 0.6) is 34.5 Å². The highest BCUT2D eigenvalue weighted by Crippen LogP contribution is 2.36. The van der Waals surface area contributed by atoms with Crippen molar-refractivity contribution in [3.8, 4) is 34.5 Å². The van der Waals surface area contributed by atoms with E-state index >= 15 is 0 Å². The molecule has 630 valence electrons. The Bertz CT molecular complexity index is 4680. The average molecular weight is 1610 g/mol. The molecule has 8 fully saturated rings. The van der Waals surface area contributed by atoms with Crippen molar-refractivity contribution in [2.45, 2.75) is 180 Å². The van der Waals surface area contributed by atoms with Gasteiger partial charge in [0.1, 0.15) is 0 Å². The van der Waals surface area contributed by atoms with Gasteiger partial charge in [-0.3, -0.25) is 63.7 Å². The number of aromatic amines is 4. The maximum atomic E-state index is 12.3. The summed E-state index contributed by atoms with van der Waals surface area (Å²) in [6, 6.07) is 28.3. The van der Waals surface area contributed by atoms with Crippen LogP contribution in [-0.4, -0.2) is 220 Å². The molecule has 6 N–H and O–H groups in total. The zero-order valence-electron chi connectivity index (χ0n) is 69.4. The van der Waals surface area contributed by atoms with Crippen molar-refractivity contribution in [1.82, 2.24) is 64.5 Å². The Labute approximate surface area is 687 Å². The Kier molecular flexibility index (Phi) is 30.9. The Hall–Kier alpha value is -9.87. The summed E-state index contributed by atoms with van der Waals surface area (Å²) in [6.07, 6.45) is 20.6. The van der Waals surface area contributed by atoms with Gasteiger partial charge in [-0.1, -0.05) is 31.2 Å². The van der Waals surface area contributed by atoms with Crippen LogP contribution in [0.3, 0.4) is 0 Å². The number of hydrogen-bond acceptors (Lipinski definition) is 24. The van der Waals surface area contributed by atoms with Gasteiger partial charge in [0.25, 0.3) is 22.2 Å². The number of nitrogens with zero attached hydrogens (tertiary/aromatic N) is 13. The van der Waals surface area contributed by atoms with Crippen LogP contribution in [0, 0.1) is 0 Å². The van der Waals surface area contributed by atoms with E-state index in [-0.39, 0.29) is 39.7 Å². The number of morpholine rings is 1. The monoisotopic (exact) mass is 1610 g/mol. The first-order valence-electron chi connectivity index (χ1n) is 43.1. The minimum atomic E-state index is -0.0593. The largest absolute Gasteiger partial charge is 0.504 e. The number of piperidine rings is 6. The van der Waals surface area contributed by atoms with Crippen molar-refractivity contribution < 1.29 is 33.9 Å². The summed E-state index contributed by atoms with van der Waals surface area (Å²) in [6.45, 7) is 27.1. The highest BCUT2D eigenvalue weighted by molar-refractivity contribution is 5.45. The third kappa shape index (κ3) is 24.2. The first-order chi connectivity index (χ1) is 57.1. The number of rotatable bonds is 23. The SMILES string of the molecule is CCOc1cc(CN2CCC(c3cc(=O)[nH]c(N4CCCCC4)n3)CC2)ccc1OC.CCOc1cc(CN2CCCC(c3cc(=O)[nH]c(N4CCCCC4)n3)C2)ccc1O.CCc1ccc(CN2CCC(c3cc(=O)[nH]c(N4CCOCC4)n3)CC2)cn1.COc1ccc(CN2CCC(c3cc(=O)[nH]c(N4CCCC4)n3)CC2)cc1O. The van der Waals surface area contributed by atoms with Crippen LogP contribution in [0.1, 0.15) is 198 Å². The zero-order valence-corrected chi connectivity index (χ0v) is 69.4. The second-order valence-corrected chi connectivity index (χ2v) is 32.3. The number of aromatic hydroxyl groups is 2. The van der Waals surface area contributed by atoms with E-state index in [1.807, 2.05) is 44.3 Å². The van der Waals surface area contributed by atoms with Gasteiger partial charge in [-0.2, -0.15) is 0 Å². The summed E-state index contributed by atoms with van der Waals surface area (Å²) in [7, 11) is 3.22. The van der Waals surface area contributed by atoms with Crippen LogP contribution in [0.15, 0.2) is 116 Å². The van der Waals surface area contributed by atoms with Crippen LogP contribution in [0.2, 0.25) is 0 Å². The first-order valence-corrected chi connectivity index (χ1v) is 43.1. The number of phenolic OH excluding ortho intramolecular Hbond substituents is 2. The maximum Gasteiger partial charge on any atom is 0.252 e. The molecular formula is C89H123N17O11. The summed E-state index contributed by atoms with van der Waals surface area (Å²) in [5.41, 5.74) is 9.32. The van der Waals surface area contributed by atoms with Crippen molar-refractivity contribution in [3.05, 3.63) is 189 Å². The predicted molar refractivity (Wildman–Crippen MR) is 457 cm³/mol. The van der Waals surface area contributed by atoms with Crippen LogP contribution in [-0.2, 0) is 37.3 Å². The van der Waals surface area contributed by atoms with Gasteiger partial charge in [-0.15, -0.1) is 0 Å². The number of H-pyrrole nitrogens is 4. The highest BCUT2D eigenvalue weighted by atomic mass is 16.5. The molecule has 8 aliphatic rings. The summed E-state index contributed by atoms with van der Waals surface area (Å²) in [4.78, 5) is 103. The fraction of sp³-hybridized carbons (Fsp3) is 0.562. The highest BCUT2D eigenvalue weighted by Gasteiger charge is 2.30. The molecule has 5 aromatic heterocycles. The van der Waals surface area contributed by atoms with Crippen molar-refractivity contribution >= 4 is 23.8 Å². The molecule has 13 heterocycles. The Morgan fingerprint density at radius 1 is 0.376 bits per heavy atom. The topological polar surface area (TPSA) is 308 Å². The molecule has 8 aliphatic heterocycles. The van der Waals surface area contributed by atoms with E-state index in [0.717, 1.165) is 283 Å². The molecule has 0 amide bonds. The molecule has 0 aliphatic carbocycles. The van der Waals surface area contributed by atoms with E-state index in [4.69, 9.17) is 43.6 Å². The molecule has 3 aromatic carbocycles. The lowest BCUT2D eigenvalue weighted by molar-refractivity contribution is 0.122. The van der Waals surface area contributed by atoms with Crippen molar-refractivity contribution in [2.75, 3.05) is 165 Å². The molecule has 16 rings (SSSR count). The molecule has 117 heavy (non-hydrogen) atoms. The summed E-state index contributed by atoms with van der Waals surface area (Å²) < 4.78 is 27.1. The fourth-order valence-corrected chi connectivity index (χ4v) is 17.4. The molecule has 1 unspecified atom stereocenters. The summed E-state index contributed by atoms with van der Waals surface area (Å²) >= 11 is 0. The smallest absolute Gasteiger partial charge is 0.252 e. The van der Waals surface area contributed by atoms with Crippen molar-refractivity contribution in [1.29, 1.82) is 0 Å². The van der Waals surface area contributed by atoms with Gasteiger partial charge in [-0.05, 0) is 234 Å². The Morgan fingerprint density at radius 3 is 1.19 bits per heavy atom. The van der Waals surface area contributed by atoms with Gasteiger partial charge in [0.2, 0.25) is 23.8 Å². The van der Waals surface area contributed by atoms with Gasteiger partial charge in [0.05, 0.1) is 63.4 Å². The lowest BCUT2D eigenvalue weighted by Gasteiger charge is -2.33. The molecule has 28 heteroatoms. The molecule has 0 saturated carbocycles. The number of aromatic nitrogens is 9. The fourth-order valence-electron chi connectivity index (χ4n) is 17.4. The number of anilines is 4. The standard InChI is InChI=1S/C24H34N4O3.C23H32N4O3.C21H29N5O2.C21H28N4O3/c1-3-31-22-15-18(7-8-21(22)30-2)17-27-13-9-19(10-14-27)20-16-23(29)26-24(25-20)28-11-5-4-6-12-28;1-2-30-21-13-17(8-9-20(21)28)15-26-10-6-7-18(16-26)19-14-22(29)25-23(24-19)27-11-4-3-5-12-27;1-2-18-4-3-16(14-22-18)15-25-7-5-17(6-8-25)19-13-20(27)24-21(23-19)26-9-11-28-12-10-26;1-28-19-5-4-15(12-18(19)26)14-24-10-6-16(7-11-24)17-13-20(27)23-21(22-17)25-8-2-3-9-25/h7-8,15-16,19H,3-6,9-14,17H2,1-2H3,(H,25,26,29);8-9,13-14,18,28H,2-7,10-12,15-16H2,1H3,(H,24,25,29);3-4,13-14,17H,2,5-12,15H2,1H3,(H,23,24,27);4-5,12-13,16,26H,2-3,6-11,14H2,1H3,(H,22,23,27).